The van der Waals surface area contributed by atoms with Gasteiger partial charge in [-0.05, 0) is 55.7 Å². The maximum Gasteiger partial charge on any atom is 0.0457 e. The van der Waals surface area contributed by atoms with E-state index in [1.807, 2.05) is 11.8 Å². The van der Waals surface area contributed by atoms with Gasteiger partial charge >= 0.3 is 0 Å². The Morgan fingerprint density at radius 3 is 2.45 bits per heavy atom. The number of thioether (sulfide) groups is 1. The fourth-order valence-electron chi connectivity index (χ4n) is 2.70. The molecule has 2 heteroatoms. The molecule has 0 aliphatic carbocycles. The van der Waals surface area contributed by atoms with Gasteiger partial charge in [0.25, 0.3) is 0 Å². The van der Waals surface area contributed by atoms with E-state index in [4.69, 9.17) is 0 Å². The van der Waals surface area contributed by atoms with Gasteiger partial charge in [-0.15, -0.1) is 11.8 Å². The summed E-state index contributed by atoms with van der Waals surface area (Å²) in [5.74, 6) is 0. The van der Waals surface area contributed by atoms with Crippen LogP contribution in [0.3, 0.4) is 0 Å². The topological polar surface area (TPSA) is 15.8 Å². The highest BCUT2D eigenvalue weighted by Crippen LogP contribution is 2.38. The molecule has 1 nitrogen and oxygen atoms in total. The molecule has 0 bridgehead atoms. The van der Waals surface area contributed by atoms with Crippen LogP contribution in [0, 0.1) is 13.8 Å². The molecule has 0 saturated heterocycles. The molecule has 1 N–H and O–H groups in total. The summed E-state index contributed by atoms with van der Waals surface area (Å²) in [6.45, 7) is 6.60. The van der Waals surface area contributed by atoms with Crippen LogP contribution in [-0.4, -0.2) is 4.98 Å². The molecule has 1 aromatic heterocycles. The summed E-state index contributed by atoms with van der Waals surface area (Å²) in [6.07, 6.45) is 2.14. The number of fused-ring (bicyclic) bond motifs is 1. The Morgan fingerprint density at radius 2 is 1.70 bits per heavy atom. The van der Waals surface area contributed by atoms with E-state index in [0.29, 0.717) is 5.25 Å². The zero-order valence-corrected chi connectivity index (χ0v) is 12.9. The first-order valence-electron chi connectivity index (χ1n) is 6.94. The highest BCUT2D eigenvalue weighted by Gasteiger charge is 2.12. The van der Waals surface area contributed by atoms with Crippen molar-refractivity contribution in [3.63, 3.8) is 0 Å². The van der Waals surface area contributed by atoms with Crippen LogP contribution in [0.5, 0.6) is 0 Å². The normalized spacial score (nSPS) is 12.8. The zero-order chi connectivity index (χ0) is 14.1. The van der Waals surface area contributed by atoms with Gasteiger partial charge in [0.2, 0.25) is 0 Å². The van der Waals surface area contributed by atoms with Crippen molar-refractivity contribution in [3.05, 3.63) is 65.4 Å². The Bertz CT molecular complexity index is 722. The second-order valence-corrected chi connectivity index (χ2v) is 6.79. The lowest BCUT2D eigenvalue weighted by Gasteiger charge is -2.12. The third-order valence-corrected chi connectivity index (χ3v) is 4.68. The Labute approximate surface area is 124 Å². The minimum absolute atomic E-state index is 0.437. The highest BCUT2D eigenvalue weighted by atomic mass is 32.2. The van der Waals surface area contributed by atoms with E-state index in [-0.39, 0.29) is 0 Å². The smallest absolute Gasteiger partial charge is 0.0457 e. The fourth-order valence-corrected chi connectivity index (χ4v) is 3.94. The molecule has 1 heterocycles. The van der Waals surface area contributed by atoms with Crippen LogP contribution in [0.1, 0.15) is 28.9 Å². The number of para-hydroxylation sites is 1. The molecule has 1 unspecified atom stereocenters. The lowest BCUT2D eigenvalue weighted by Crippen LogP contribution is -1.88. The Kier molecular flexibility index (Phi) is 3.58. The molecule has 0 aliphatic rings. The SMILES string of the molecule is Cc1cc(C)cc(SC(C)c2c[nH]c3ccccc23)c1. The second kappa shape index (κ2) is 5.37. The standard InChI is InChI=1S/C18H19NS/c1-12-8-13(2)10-15(9-12)20-14(3)17-11-19-18-7-5-4-6-16(17)18/h4-11,14,19H,1-3H3. The first-order valence-corrected chi connectivity index (χ1v) is 7.82. The lowest BCUT2D eigenvalue weighted by atomic mass is 10.1. The molecule has 0 spiro atoms. The first-order chi connectivity index (χ1) is 9.63. The van der Waals surface area contributed by atoms with Crippen molar-refractivity contribution in [2.45, 2.75) is 30.9 Å². The second-order valence-electron chi connectivity index (χ2n) is 5.37. The Balaban J connectivity index is 1.91. The van der Waals surface area contributed by atoms with E-state index in [0.717, 1.165) is 0 Å². The number of nitrogens with one attached hydrogen (secondary N) is 1. The van der Waals surface area contributed by atoms with Crippen LogP contribution in [0.4, 0.5) is 0 Å². The Hall–Kier alpha value is -1.67. The van der Waals surface area contributed by atoms with Crippen LogP contribution in [-0.2, 0) is 0 Å². The van der Waals surface area contributed by atoms with Crippen molar-refractivity contribution >= 4 is 22.7 Å². The zero-order valence-electron chi connectivity index (χ0n) is 12.1. The molecule has 102 valence electrons. The third-order valence-electron chi connectivity index (χ3n) is 3.57. The van der Waals surface area contributed by atoms with Gasteiger partial charge in [0.05, 0.1) is 0 Å². The molecular weight excluding hydrogens is 262 g/mol. The van der Waals surface area contributed by atoms with Gasteiger partial charge < -0.3 is 4.98 Å². The van der Waals surface area contributed by atoms with Gasteiger partial charge in [0.15, 0.2) is 0 Å². The number of aromatic amines is 1. The van der Waals surface area contributed by atoms with Gasteiger partial charge in [-0.2, -0.15) is 0 Å². The molecule has 20 heavy (non-hydrogen) atoms. The van der Waals surface area contributed by atoms with Crippen LogP contribution < -0.4 is 0 Å². The van der Waals surface area contributed by atoms with Gasteiger partial charge in [-0.3, -0.25) is 0 Å². The minimum Gasteiger partial charge on any atom is -0.361 e. The van der Waals surface area contributed by atoms with Crippen LogP contribution in [0.25, 0.3) is 10.9 Å². The molecular formula is C18H19NS. The number of rotatable bonds is 3. The summed E-state index contributed by atoms with van der Waals surface area (Å²) in [5.41, 5.74) is 5.26. The Morgan fingerprint density at radius 1 is 1.00 bits per heavy atom. The van der Waals surface area contributed by atoms with Crippen LogP contribution >= 0.6 is 11.8 Å². The average Bonchev–Trinajstić information content (AvgIpc) is 2.81. The van der Waals surface area contributed by atoms with Gasteiger partial charge in [0.1, 0.15) is 0 Å². The summed E-state index contributed by atoms with van der Waals surface area (Å²) in [6, 6.07) is 15.3. The van der Waals surface area contributed by atoms with E-state index in [2.05, 4.69) is 74.4 Å². The van der Waals surface area contributed by atoms with E-state index in [9.17, 15) is 0 Å². The minimum atomic E-state index is 0.437. The molecule has 0 fully saturated rings. The number of aromatic nitrogens is 1. The number of aryl methyl sites for hydroxylation is 2. The highest BCUT2D eigenvalue weighted by molar-refractivity contribution is 7.99. The molecule has 0 radical (unpaired) electrons. The average molecular weight is 281 g/mol. The monoisotopic (exact) mass is 281 g/mol. The maximum absolute atomic E-state index is 3.36. The molecule has 3 aromatic rings. The van der Waals surface area contributed by atoms with E-state index >= 15 is 0 Å². The van der Waals surface area contributed by atoms with Crippen molar-refractivity contribution in [1.29, 1.82) is 0 Å². The van der Waals surface area contributed by atoms with Crippen molar-refractivity contribution in [2.24, 2.45) is 0 Å². The quantitative estimate of drug-likeness (QED) is 0.614. The van der Waals surface area contributed by atoms with Crippen LogP contribution in [0.2, 0.25) is 0 Å². The molecule has 3 rings (SSSR count). The summed E-state index contributed by atoms with van der Waals surface area (Å²) in [5, 5.41) is 1.77. The van der Waals surface area contributed by atoms with Crippen molar-refractivity contribution in [3.8, 4) is 0 Å². The molecule has 2 aromatic carbocycles. The maximum atomic E-state index is 3.36. The van der Waals surface area contributed by atoms with Gasteiger partial charge in [0, 0.05) is 27.2 Å². The molecule has 0 saturated carbocycles. The third kappa shape index (κ3) is 2.61. The van der Waals surface area contributed by atoms with E-state index in [1.54, 1.807) is 0 Å². The summed E-state index contributed by atoms with van der Waals surface area (Å²) in [4.78, 5) is 4.71. The number of hydrogen-bond acceptors (Lipinski definition) is 1. The summed E-state index contributed by atoms with van der Waals surface area (Å²) < 4.78 is 0. The van der Waals surface area contributed by atoms with Crippen molar-refractivity contribution < 1.29 is 0 Å². The first kappa shape index (κ1) is 13.3. The van der Waals surface area contributed by atoms with Gasteiger partial charge in [-0.1, -0.05) is 24.3 Å². The summed E-state index contributed by atoms with van der Waals surface area (Å²) in [7, 11) is 0. The molecule has 0 amide bonds. The largest absolute Gasteiger partial charge is 0.361 e. The predicted octanol–water partition coefficient (Wildman–Crippen LogP) is 5.64. The van der Waals surface area contributed by atoms with Crippen molar-refractivity contribution in [1.82, 2.24) is 4.98 Å². The van der Waals surface area contributed by atoms with Crippen LogP contribution in [0.15, 0.2) is 53.6 Å². The van der Waals surface area contributed by atoms with E-state index < -0.39 is 0 Å². The van der Waals surface area contributed by atoms with Crippen molar-refractivity contribution in [2.75, 3.05) is 0 Å². The number of H-pyrrole nitrogens is 1. The summed E-state index contributed by atoms with van der Waals surface area (Å²) >= 11 is 1.92. The molecule has 1 atom stereocenters. The fraction of sp³-hybridized carbons (Fsp3) is 0.222. The lowest BCUT2D eigenvalue weighted by molar-refractivity contribution is 1.11. The van der Waals surface area contributed by atoms with Gasteiger partial charge in [-0.25, -0.2) is 0 Å². The number of hydrogen-bond donors (Lipinski definition) is 1. The predicted molar refractivity (Wildman–Crippen MR) is 88.5 cm³/mol. The molecule has 0 aliphatic heterocycles. The number of benzene rings is 2. The van der Waals surface area contributed by atoms with E-state index in [1.165, 1.54) is 32.5 Å².